The summed E-state index contributed by atoms with van der Waals surface area (Å²) in [6.45, 7) is 5.41. The topological polar surface area (TPSA) is 89.1 Å². The fourth-order valence-electron chi connectivity index (χ4n) is 1.84. The predicted molar refractivity (Wildman–Crippen MR) is 71.9 cm³/mol. The van der Waals surface area contributed by atoms with E-state index < -0.39 is 5.97 Å². The van der Waals surface area contributed by atoms with Gasteiger partial charge in [0.2, 0.25) is 0 Å². The molecule has 0 saturated carbocycles. The van der Waals surface area contributed by atoms with Crippen LogP contribution >= 0.6 is 0 Å². The van der Waals surface area contributed by atoms with Gasteiger partial charge in [0.15, 0.2) is 5.69 Å². The molecule has 3 N–H and O–H groups in total. The van der Waals surface area contributed by atoms with E-state index in [1.807, 2.05) is 26.0 Å². The number of aromatic carboxylic acids is 1. The molecule has 0 unspecified atom stereocenters. The van der Waals surface area contributed by atoms with E-state index in [1.165, 1.54) is 0 Å². The fraction of sp³-hybridized carbons (Fsp3) is 0.214. The molecule has 0 atom stereocenters. The number of aryl methyl sites for hydroxylation is 2. The number of anilines is 1. The minimum Gasteiger partial charge on any atom is -0.476 e. The second-order valence-electron chi connectivity index (χ2n) is 4.39. The van der Waals surface area contributed by atoms with Crippen LogP contribution in [0.3, 0.4) is 0 Å². The molecule has 20 heavy (non-hydrogen) atoms. The second-order valence-corrected chi connectivity index (χ2v) is 4.39. The number of aromatic nitrogens is 2. The second kappa shape index (κ2) is 6.42. The molecule has 1 radical (unpaired) electrons. The molecule has 0 spiro atoms. The number of nitrogens with zero attached hydrogens (tertiary/aromatic N) is 2. The summed E-state index contributed by atoms with van der Waals surface area (Å²) in [6.07, 6.45) is 0. The first kappa shape index (κ1) is 16.7. The molecule has 0 aliphatic carbocycles. The third-order valence-corrected chi connectivity index (χ3v) is 2.92. The van der Waals surface area contributed by atoms with Gasteiger partial charge in [-0.2, -0.15) is 29.3 Å². The molecule has 1 heterocycles. The SMILES string of the molecule is Cc1[c-]c(C)c(-c2nc(N)c(C)c(C(=O)O)n2)cc1.[Y]. The standard InChI is InChI=1S/C14H14N3O2.Y/c1-7-4-5-10(8(2)6-7)13-16-11(14(18)19)9(3)12(15)17-13;/h4-5H,1-3H3,(H,18,19)(H2,15,16,17);/q-1;. The zero-order chi connectivity index (χ0) is 14.2. The molecule has 0 fully saturated rings. The molecule has 101 valence electrons. The Bertz CT molecular complexity index is 672. The molecule has 0 aliphatic heterocycles. The van der Waals surface area contributed by atoms with Crippen LogP contribution in [-0.2, 0) is 32.7 Å². The van der Waals surface area contributed by atoms with Gasteiger partial charge in [-0.3, -0.25) is 0 Å². The number of carbonyl (C=O) groups is 1. The number of carboxylic acids is 1. The van der Waals surface area contributed by atoms with Crippen molar-refractivity contribution in [2.75, 3.05) is 5.73 Å². The Morgan fingerprint density at radius 3 is 2.45 bits per heavy atom. The van der Waals surface area contributed by atoms with E-state index in [9.17, 15) is 4.79 Å². The molecule has 2 rings (SSSR count). The average Bonchev–Trinajstić information content (AvgIpc) is 2.32. The number of hydrogen-bond donors (Lipinski definition) is 2. The molecule has 1 aromatic carbocycles. The Kier molecular flexibility index (Phi) is 5.37. The van der Waals surface area contributed by atoms with Crippen molar-refractivity contribution < 1.29 is 42.6 Å². The van der Waals surface area contributed by atoms with Crippen molar-refractivity contribution in [2.45, 2.75) is 20.8 Å². The average molecular weight is 345 g/mol. The Labute approximate surface area is 142 Å². The molecule has 0 saturated heterocycles. The third kappa shape index (κ3) is 3.22. The van der Waals surface area contributed by atoms with Gasteiger partial charge in [-0.25, -0.2) is 14.8 Å². The summed E-state index contributed by atoms with van der Waals surface area (Å²) in [5.41, 5.74) is 8.66. The van der Waals surface area contributed by atoms with Crippen LogP contribution in [-0.4, -0.2) is 21.0 Å². The van der Waals surface area contributed by atoms with Gasteiger partial charge >= 0.3 is 5.97 Å². The number of benzene rings is 1. The van der Waals surface area contributed by atoms with E-state index in [0.29, 0.717) is 11.4 Å². The minimum atomic E-state index is -1.11. The first-order chi connectivity index (χ1) is 8.90. The Morgan fingerprint density at radius 2 is 1.90 bits per heavy atom. The van der Waals surface area contributed by atoms with Crippen LogP contribution in [0.5, 0.6) is 0 Å². The van der Waals surface area contributed by atoms with Crippen LogP contribution in [0.15, 0.2) is 12.1 Å². The van der Waals surface area contributed by atoms with E-state index in [-0.39, 0.29) is 44.2 Å². The van der Waals surface area contributed by atoms with Crippen LogP contribution in [0, 0.1) is 26.8 Å². The molecule has 0 aliphatic rings. The van der Waals surface area contributed by atoms with Crippen molar-refractivity contribution in [1.82, 2.24) is 9.97 Å². The summed E-state index contributed by atoms with van der Waals surface area (Å²) >= 11 is 0. The van der Waals surface area contributed by atoms with Crippen LogP contribution in [0.4, 0.5) is 5.82 Å². The van der Waals surface area contributed by atoms with E-state index in [4.69, 9.17) is 10.8 Å². The molecule has 0 amide bonds. The number of nitrogen functional groups attached to an aromatic ring is 1. The molecular formula is C14H14N3O2Y-. The number of carboxylic acid groups (broad SMARTS) is 1. The van der Waals surface area contributed by atoms with Crippen molar-refractivity contribution in [3.05, 3.63) is 40.6 Å². The van der Waals surface area contributed by atoms with Crippen molar-refractivity contribution >= 4 is 11.8 Å². The van der Waals surface area contributed by atoms with Gasteiger partial charge in [-0.15, -0.1) is 0 Å². The fourth-order valence-corrected chi connectivity index (χ4v) is 1.84. The van der Waals surface area contributed by atoms with Crippen molar-refractivity contribution in [3.8, 4) is 11.4 Å². The maximum absolute atomic E-state index is 11.1. The maximum Gasteiger partial charge on any atom is 0.354 e. The van der Waals surface area contributed by atoms with Gasteiger partial charge in [-0.05, 0) is 6.92 Å². The van der Waals surface area contributed by atoms with Gasteiger partial charge < -0.3 is 10.8 Å². The maximum atomic E-state index is 11.1. The third-order valence-electron chi connectivity index (χ3n) is 2.92. The van der Waals surface area contributed by atoms with Crippen LogP contribution in [0.25, 0.3) is 11.4 Å². The molecule has 1 aromatic heterocycles. The Morgan fingerprint density at radius 1 is 1.25 bits per heavy atom. The zero-order valence-corrected chi connectivity index (χ0v) is 14.4. The van der Waals surface area contributed by atoms with Crippen LogP contribution in [0.2, 0.25) is 0 Å². The number of hydrogen-bond acceptors (Lipinski definition) is 4. The predicted octanol–water partition coefficient (Wildman–Crippen LogP) is 2.15. The Hall–Kier alpha value is -1.33. The molecule has 2 aromatic rings. The summed E-state index contributed by atoms with van der Waals surface area (Å²) in [4.78, 5) is 19.4. The number of rotatable bonds is 2. The summed E-state index contributed by atoms with van der Waals surface area (Å²) in [5.74, 6) is -0.613. The summed E-state index contributed by atoms with van der Waals surface area (Å²) in [6, 6.07) is 6.87. The monoisotopic (exact) mass is 345 g/mol. The smallest absolute Gasteiger partial charge is 0.354 e. The molecular weight excluding hydrogens is 331 g/mol. The van der Waals surface area contributed by atoms with Crippen LogP contribution in [0.1, 0.15) is 27.2 Å². The summed E-state index contributed by atoms with van der Waals surface area (Å²) in [5, 5.41) is 9.12. The van der Waals surface area contributed by atoms with E-state index in [1.54, 1.807) is 6.92 Å². The molecule has 6 heteroatoms. The summed E-state index contributed by atoms with van der Waals surface area (Å²) in [7, 11) is 0. The zero-order valence-electron chi connectivity index (χ0n) is 11.6. The van der Waals surface area contributed by atoms with Gasteiger partial charge in [0.25, 0.3) is 0 Å². The van der Waals surface area contributed by atoms with Gasteiger partial charge in [0, 0.05) is 38.3 Å². The van der Waals surface area contributed by atoms with E-state index >= 15 is 0 Å². The molecule has 5 nitrogen and oxygen atoms in total. The molecule has 0 bridgehead atoms. The Balaban J connectivity index is 0.00000200. The normalized spacial score (nSPS) is 9.95. The quantitative estimate of drug-likeness (QED) is 0.814. The van der Waals surface area contributed by atoms with Crippen molar-refractivity contribution in [2.24, 2.45) is 0 Å². The van der Waals surface area contributed by atoms with E-state index in [0.717, 1.165) is 16.7 Å². The van der Waals surface area contributed by atoms with Crippen molar-refractivity contribution in [3.63, 3.8) is 0 Å². The first-order valence-corrected chi connectivity index (χ1v) is 5.77. The van der Waals surface area contributed by atoms with Crippen molar-refractivity contribution in [1.29, 1.82) is 0 Å². The largest absolute Gasteiger partial charge is 0.476 e. The first-order valence-electron chi connectivity index (χ1n) is 5.77. The van der Waals surface area contributed by atoms with Gasteiger partial charge in [0.05, 0.1) is 0 Å². The van der Waals surface area contributed by atoms with Gasteiger partial charge in [-0.1, -0.05) is 19.4 Å². The number of nitrogens with two attached hydrogens (primary N) is 1. The van der Waals surface area contributed by atoms with E-state index in [2.05, 4.69) is 16.0 Å². The van der Waals surface area contributed by atoms with Crippen LogP contribution < -0.4 is 5.73 Å². The van der Waals surface area contributed by atoms with Gasteiger partial charge in [0.1, 0.15) is 11.6 Å². The minimum absolute atomic E-state index is 0. The summed E-state index contributed by atoms with van der Waals surface area (Å²) < 4.78 is 0.